The van der Waals surface area contributed by atoms with Gasteiger partial charge in [0.25, 0.3) is 0 Å². The van der Waals surface area contributed by atoms with Crippen LogP contribution >= 0.6 is 46.0 Å². The summed E-state index contributed by atoms with van der Waals surface area (Å²) in [6, 6.07) is 12.0. The molecule has 0 N–H and O–H groups in total. The minimum Gasteiger partial charge on any atom is -0.344 e. The lowest BCUT2D eigenvalue weighted by Crippen LogP contribution is -2.30. The predicted octanol–water partition coefficient (Wildman–Crippen LogP) is 5.69. The topological polar surface area (TPSA) is 32.7 Å². The van der Waals surface area contributed by atoms with Crippen LogP contribution in [0.25, 0.3) is 0 Å². The van der Waals surface area contributed by atoms with Gasteiger partial charge in [-0.2, -0.15) is 0 Å². The van der Waals surface area contributed by atoms with Crippen LogP contribution in [0.15, 0.2) is 46.3 Å². The Bertz CT molecular complexity index is 825. The number of hydrogen-bond acceptors (Lipinski definition) is 4. The Balaban J connectivity index is 1.86. The average molecular weight is 485 g/mol. The number of carbonyl (C=O) groups is 1. The number of benzene rings is 2. The zero-order valence-corrected chi connectivity index (χ0v) is 17.7. The van der Waals surface area contributed by atoms with Crippen LogP contribution in [0, 0.1) is 10.5 Å². The Morgan fingerprint density at radius 2 is 2.20 bits per heavy atom. The SMILES string of the molecule is Cc1cc2c(cc1I)C(C=O)N(Cc1cccc(SC(C)Cl)c1)C=N2. The first-order valence-corrected chi connectivity index (χ1v) is 10.3. The van der Waals surface area contributed by atoms with Gasteiger partial charge in [0.05, 0.1) is 16.7 Å². The van der Waals surface area contributed by atoms with Crippen molar-refractivity contribution in [1.29, 1.82) is 0 Å². The van der Waals surface area contributed by atoms with Crippen molar-refractivity contribution >= 4 is 64.3 Å². The van der Waals surface area contributed by atoms with E-state index in [0.717, 1.165) is 31.6 Å². The number of halogens is 2. The second kappa shape index (κ2) is 8.10. The largest absolute Gasteiger partial charge is 0.344 e. The Morgan fingerprint density at radius 3 is 2.92 bits per heavy atom. The van der Waals surface area contributed by atoms with E-state index in [0.29, 0.717) is 6.54 Å². The van der Waals surface area contributed by atoms with Gasteiger partial charge in [0.2, 0.25) is 0 Å². The van der Waals surface area contributed by atoms with E-state index in [-0.39, 0.29) is 10.8 Å². The van der Waals surface area contributed by atoms with E-state index in [1.165, 1.54) is 5.56 Å². The summed E-state index contributed by atoms with van der Waals surface area (Å²) in [6.45, 7) is 4.64. The summed E-state index contributed by atoms with van der Waals surface area (Å²) in [7, 11) is 0. The molecule has 0 aliphatic carbocycles. The number of aldehydes is 1. The molecule has 0 radical (unpaired) electrons. The molecule has 0 fully saturated rings. The number of thioether (sulfide) groups is 1. The minimum atomic E-state index is -0.315. The van der Waals surface area contributed by atoms with Gasteiger partial charge in [0.15, 0.2) is 0 Å². The van der Waals surface area contributed by atoms with Gasteiger partial charge in [0.1, 0.15) is 12.3 Å². The number of nitrogens with zero attached hydrogens (tertiary/aromatic N) is 2. The van der Waals surface area contributed by atoms with Gasteiger partial charge in [-0.25, -0.2) is 4.99 Å². The van der Waals surface area contributed by atoms with E-state index in [2.05, 4.69) is 58.8 Å². The lowest BCUT2D eigenvalue weighted by atomic mass is 10.0. The standard InChI is InChI=1S/C19H18ClIN2OS/c1-12-6-18-16(8-17(12)21)19(10-24)23(11-22-18)9-14-4-3-5-15(7-14)25-13(2)20/h3-8,10-11,13,19H,9H2,1-2H3. The highest BCUT2D eigenvalue weighted by atomic mass is 127. The monoisotopic (exact) mass is 484 g/mol. The molecule has 6 heteroatoms. The van der Waals surface area contributed by atoms with E-state index >= 15 is 0 Å². The van der Waals surface area contributed by atoms with Crippen LogP contribution in [0.4, 0.5) is 5.69 Å². The maximum Gasteiger partial charge on any atom is 0.147 e. The fourth-order valence-corrected chi connectivity index (χ4v) is 4.37. The summed E-state index contributed by atoms with van der Waals surface area (Å²) in [4.78, 5) is 19.5. The molecule has 0 bridgehead atoms. The molecule has 0 saturated heterocycles. The fourth-order valence-electron chi connectivity index (χ4n) is 2.82. The van der Waals surface area contributed by atoms with E-state index < -0.39 is 0 Å². The second-order valence-corrected chi connectivity index (χ2v) is 9.46. The van der Waals surface area contributed by atoms with Crippen molar-refractivity contribution in [2.45, 2.75) is 36.0 Å². The fraction of sp³-hybridized carbons (Fsp3) is 0.263. The van der Waals surface area contributed by atoms with Gasteiger partial charge in [-0.05, 0) is 71.8 Å². The van der Waals surface area contributed by atoms with Gasteiger partial charge in [-0.3, -0.25) is 0 Å². The van der Waals surface area contributed by atoms with E-state index in [9.17, 15) is 4.79 Å². The zero-order chi connectivity index (χ0) is 18.0. The van der Waals surface area contributed by atoms with Crippen LogP contribution in [-0.4, -0.2) is 22.2 Å². The lowest BCUT2D eigenvalue weighted by molar-refractivity contribution is -0.111. The number of aryl methyl sites for hydroxylation is 1. The van der Waals surface area contributed by atoms with Gasteiger partial charge in [0, 0.05) is 20.6 Å². The number of alkyl halides is 1. The number of aliphatic imine (C=N–C) groups is 1. The first kappa shape index (κ1) is 18.7. The summed E-state index contributed by atoms with van der Waals surface area (Å²) in [5.41, 5.74) is 4.15. The highest BCUT2D eigenvalue weighted by Gasteiger charge is 2.25. The van der Waals surface area contributed by atoms with Crippen molar-refractivity contribution in [2.24, 2.45) is 4.99 Å². The third-order valence-corrected chi connectivity index (χ3v) is 6.30. The Hall–Kier alpha value is -1.05. The maximum absolute atomic E-state index is 11.8. The normalized spacial score (nSPS) is 17.3. The average Bonchev–Trinajstić information content (AvgIpc) is 2.56. The van der Waals surface area contributed by atoms with Crippen LogP contribution in [0.3, 0.4) is 0 Å². The van der Waals surface area contributed by atoms with Crippen LogP contribution in [0.5, 0.6) is 0 Å². The quantitative estimate of drug-likeness (QED) is 0.236. The van der Waals surface area contributed by atoms with Gasteiger partial charge < -0.3 is 9.69 Å². The van der Waals surface area contributed by atoms with E-state index in [1.807, 2.05) is 24.0 Å². The van der Waals surface area contributed by atoms with Crippen LogP contribution in [0.2, 0.25) is 0 Å². The molecule has 0 spiro atoms. The van der Waals surface area contributed by atoms with E-state index in [1.54, 1.807) is 18.1 Å². The molecule has 2 unspecified atom stereocenters. The Morgan fingerprint density at radius 1 is 1.40 bits per heavy atom. The molecule has 0 amide bonds. The molecule has 0 saturated carbocycles. The molecule has 2 aromatic carbocycles. The van der Waals surface area contributed by atoms with Crippen molar-refractivity contribution in [3.8, 4) is 0 Å². The molecule has 1 aliphatic heterocycles. The number of rotatable bonds is 5. The van der Waals surface area contributed by atoms with Crippen LogP contribution in [0.1, 0.15) is 29.7 Å². The number of fused-ring (bicyclic) bond motifs is 1. The molecule has 1 aliphatic rings. The lowest BCUT2D eigenvalue weighted by Gasteiger charge is -2.31. The highest BCUT2D eigenvalue weighted by molar-refractivity contribution is 14.1. The summed E-state index contributed by atoms with van der Waals surface area (Å²) in [5, 5.41) is 0. The van der Waals surface area contributed by atoms with Crippen molar-refractivity contribution in [1.82, 2.24) is 4.90 Å². The van der Waals surface area contributed by atoms with Gasteiger partial charge in [-0.1, -0.05) is 12.1 Å². The molecule has 2 atom stereocenters. The minimum absolute atomic E-state index is 0.0201. The molecule has 3 rings (SSSR count). The Labute approximate surface area is 171 Å². The summed E-state index contributed by atoms with van der Waals surface area (Å²) in [5.74, 6) is 0. The van der Waals surface area contributed by atoms with Gasteiger partial charge >= 0.3 is 0 Å². The number of carbonyl (C=O) groups excluding carboxylic acids is 1. The first-order valence-electron chi connectivity index (χ1n) is 7.93. The first-order chi connectivity index (χ1) is 12.0. The summed E-state index contributed by atoms with van der Waals surface area (Å²) in [6.07, 6.45) is 2.77. The maximum atomic E-state index is 11.8. The van der Waals surface area contributed by atoms with Crippen molar-refractivity contribution in [3.05, 3.63) is 56.7 Å². The van der Waals surface area contributed by atoms with Crippen LogP contribution < -0.4 is 0 Å². The van der Waals surface area contributed by atoms with Crippen molar-refractivity contribution in [2.75, 3.05) is 0 Å². The van der Waals surface area contributed by atoms with E-state index in [4.69, 9.17) is 11.6 Å². The van der Waals surface area contributed by atoms with Gasteiger partial charge in [-0.15, -0.1) is 23.4 Å². The molecule has 1 heterocycles. The predicted molar refractivity (Wildman–Crippen MR) is 114 cm³/mol. The van der Waals surface area contributed by atoms with Crippen molar-refractivity contribution < 1.29 is 4.79 Å². The van der Waals surface area contributed by atoms with Crippen LogP contribution in [-0.2, 0) is 11.3 Å². The third-order valence-electron chi connectivity index (χ3n) is 4.02. The molecule has 3 nitrogen and oxygen atoms in total. The molecule has 25 heavy (non-hydrogen) atoms. The molecule has 0 aromatic heterocycles. The molecular formula is C19H18ClIN2OS. The Kier molecular flexibility index (Phi) is 6.07. The molecule has 130 valence electrons. The molecule has 2 aromatic rings. The third kappa shape index (κ3) is 4.38. The summed E-state index contributed by atoms with van der Waals surface area (Å²) >= 11 is 9.99. The number of hydrogen-bond donors (Lipinski definition) is 0. The highest BCUT2D eigenvalue weighted by Crippen LogP contribution is 2.35. The summed E-state index contributed by atoms with van der Waals surface area (Å²) < 4.78 is 1.17. The zero-order valence-electron chi connectivity index (χ0n) is 13.9. The molecular weight excluding hydrogens is 467 g/mol. The second-order valence-electron chi connectivity index (χ2n) is 5.97. The smallest absolute Gasteiger partial charge is 0.147 e. The van der Waals surface area contributed by atoms with Crippen molar-refractivity contribution in [3.63, 3.8) is 0 Å².